The molecule has 0 spiro atoms. The minimum absolute atomic E-state index is 0. The van der Waals surface area contributed by atoms with Gasteiger partial charge in [-0.1, -0.05) is 112 Å². The molecule has 3 aromatic rings. The predicted octanol–water partition coefficient (Wildman–Crippen LogP) is 14.2. The van der Waals surface area contributed by atoms with Gasteiger partial charge in [0.05, 0.1) is 21.3 Å². The summed E-state index contributed by atoms with van der Waals surface area (Å²) in [4.78, 5) is 44.4. The van der Waals surface area contributed by atoms with Gasteiger partial charge >= 0.3 is 64.9 Å². The number of halogens is 11. The molecule has 67 heavy (non-hydrogen) atoms. The molecule has 30 heteroatoms. The molecule has 3 aromatic heterocycles. The third kappa shape index (κ3) is 65.1. The molecule has 0 bridgehead atoms. The van der Waals surface area contributed by atoms with Gasteiger partial charge in [-0.05, 0) is 91.6 Å². The number of aromatic nitrogens is 9. The van der Waals surface area contributed by atoms with Gasteiger partial charge in [-0.2, -0.15) is 44.9 Å². The third-order valence-corrected chi connectivity index (χ3v) is 7.25. The Bertz CT molecular complexity index is 1500. The molecule has 0 fully saturated rings. The number of hydroxylamine groups is 2. The quantitative estimate of drug-likeness (QED) is 0.0370. The molecule has 0 atom stereocenters. The van der Waals surface area contributed by atoms with E-state index in [-0.39, 0.29) is 80.4 Å². The van der Waals surface area contributed by atoms with Crippen molar-refractivity contribution in [3.05, 3.63) is 33.8 Å². The van der Waals surface area contributed by atoms with E-state index >= 15 is 0 Å². The van der Waals surface area contributed by atoms with Gasteiger partial charge in [0, 0.05) is 27.2 Å². The molecule has 0 aliphatic rings. The summed E-state index contributed by atoms with van der Waals surface area (Å²) >= 11 is 36.7. The number of anilines is 4. The van der Waals surface area contributed by atoms with Crippen LogP contribution in [-0.4, -0.2) is 111 Å². The number of hydrogen-bond donors (Lipinski definition) is 4. The number of nitrogens with two attached hydrogens (primary N) is 1. The molecular weight excluding hydrogens is 1510 g/mol. The summed E-state index contributed by atoms with van der Waals surface area (Å²) in [5.41, 5.74) is 5.90. The molecule has 3 rings (SSSR count). The van der Waals surface area contributed by atoms with Gasteiger partial charge in [-0.25, -0.2) is 10.1 Å². The Kier molecular flexibility index (Phi) is 64.2. The van der Waals surface area contributed by atoms with Crippen LogP contribution in [0.4, 0.5) is 23.8 Å². The van der Waals surface area contributed by atoms with Crippen LogP contribution in [0.1, 0.15) is 95.9 Å². The van der Waals surface area contributed by atoms with Gasteiger partial charge in [0.15, 0.2) is 6.40 Å². The van der Waals surface area contributed by atoms with Gasteiger partial charge in [-0.15, -0.1) is 24.8 Å². The first kappa shape index (κ1) is 84.9. The van der Waals surface area contributed by atoms with Crippen LogP contribution in [0.5, 0.6) is 0 Å². The van der Waals surface area contributed by atoms with Crippen molar-refractivity contribution in [2.75, 3.05) is 80.2 Å². The first-order valence-corrected chi connectivity index (χ1v) is 35.9. The average Bonchev–Trinajstić information content (AvgIpc) is 3.18. The van der Waals surface area contributed by atoms with Crippen LogP contribution in [0.15, 0.2) is 0 Å². The van der Waals surface area contributed by atoms with Crippen molar-refractivity contribution in [1.82, 2.24) is 44.9 Å². The Morgan fingerprint density at radius 1 is 0.612 bits per heavy atom. The Hall–Kier alpha value is 1.11. The van der Waals surface area contributed by atoms with Crippen LogP contribution in [0.2, 0.25) is 26.4 Å². The van der Waals surface area contributed by atoms with Crippen LogP contribution < -0.4 is 26.5 Å². The molecule has 0 saturated carbocycles. The summed E-state index contributed by atoms with van der Waals surface area (Å²) in [7, 11) is 7.88. The van der Waals surface area contributed by atoms with E-state index < -0.39 is 0 Å². The van der Waals surface area contributed by atoms with E-state index in [2.05, 4.69) is 226 Å². The first-order chi connectivity index (χ1) is 29.3. The topological polar surface area (TPSA) is 224 Å². The Labute approximate surface area is 491 Å². The van der Waals surface area contributed by atoms with Crippen LogP contribution in [0.25, 0.3) is 0 Å². The molecule has 0 aromatic carbocycles. The first-order valence-electron chi connectivity index (χ1n) is 19.0. The van der Waals surface area contributed by atoms with Gasteiger partial charge in [0.2, 0.25) is 38.3 Å². The number of hydrogen-bond acceptors (Lipinski definition) is 18. The molecule has 0 saturated heterocycles. The molecule has 0 aliphatic carbocycles. The number of nitrogens with one attached hydrogen (secondary N) is 3. The zero-order chi connectivity index (χ0) is 51.3. The summed E-state index contributed by atoms with van der Waals surface area (Å²) in [5, 5.41) is 15.5. The van der Waals surface area contributed by atoms with E-state index in [9.17, 15) is 0 Å². The summed E-state index contributed by atoms with van der Waals surface area (Å²) in [5.74, 6) is 1.81. The van der Waals surface area contributed by atoms with Crippen molar-refractivity contribution >= 4 is 196 Å². The molecule has 18 nitrogen and oxygen atoms in total. The summed E-state index contributed by atoms with van der Waals surface area (Å²) in [6, 6.07) is 0. The maximum absolute atomic E-state index is 6.10. The van der Waals surface area contributed by atoms with E-state index in [1.165, 1.54) is 41.6 Å². The Morgan fingerprint density at radius 2 is 0.836 bits per heavy atom. The van der Waals surface area contributed by atoms with Crippen molar-refractivity contribution in [3.8, 4) is 0 Å². The minimum atomic E-state index is -0.278. The number of nitrogens with zero attached hydrogens (tertiary/aromatic N) is 11. The van der Waals surface area contributed by atoms with Crippen molar-refractivity contribution < 1.29 is 19.3 Å². The third-order valence-electron chi connectivity index (χ3n) is 5.33. The second kappa shape index (κ2) is 50.6. The van der Waals surface area contributed by atoms with Gasteiger partial charge < -0.3 is 28.5 Å². The van der Waals surface area contributed by atoms with E-state index in [1.54, 1.807) is 21.2 Å². The van der Waals surface area contributed by atoms with Crippen LogP contribution in [-0.2, 0) is 19.3 Å². The van der Waals surface area contributed by atoms with E-state index in [1.807, 2.05) is 0 Å². The monoisotopic (exact) mass is 1580 g/mol. The Balaban J connectivity index is -0.000000110. The van der Waals surface area contributed by atoms with Crippen LogP contribution >= 0.6 is 165 Å². The van der Waals surface area contributed by atoms with Gasteiger partial charge in [0.25, 0.3) is 11.9 Å². The molecule has 398 valence electrons. The zero-order valence-electron chi connectivity index (χ0n) is 41.7. The fourth-order valence-electron chi connectivity index (χ4n) is 2.28. The van der Waals surface area contributed by atoms with Gasteiger partial charge in [0.1, 0.15) is 0 Å². The number of methoxy groups -OCH3 is 1. The fourth-order valence-corrected chi connectivity index (χ4v) is 3.24. The molecule has 5 N–H and O–H groups in total. The summed E-state index contributed by atoms with van der Waals surface area (Å²) in [6.45, 7) is 28.0. The second-order valence-electron chi connectivity index (χ2n) is 15.5. The maximum atomic E-state index is 6.10. The van der Waals surface area contributed by atoms with Crippen molar-refractivity contribution in [3.63, 3.8) is 0 Å². The molecular formula is C37H74Cl7I4N15O3V-. The average molecular weight is 1580 g/mol. The molecule has 0 amide bonds. The number of alkyl halides is 1. The van der Waals surface area contributed by atoms with Crippen molar-refractivity contribution in [1.29, 1.82) is 5.41 Å². The number of ether oxygens (including phenoxy) is 1. The van der Waals surface area contributed by atoms with Gasteiger partial charge in [-0.3, -0.25) is 15.1 Å². The number of rotatable bonds is 10. The molecule has 0 unspecified atom stereocenters. The second-order valence-corrected chi connectivity index (χ2v) is 53.6. The van der Waals surface area contributed by atoms with Crippen LogP contribution in [0, 0.1) is 29.1 Å². The van der Waals surface area contributed by atoms with Crippen molar-refractivity contribution in [2.24, 2.45) is 22.0 Å². The molecule has 0 radical (unpaired) electrons. The molecule has 3 heterocycles. The zero-order valence-corrected chi connectivity index (χ0v) is 57.1. The predicted molar refractivity (Wildman–Crippen MR) is 324 cm³/mol. The van der Waals surface area contributed by atoms with Crippen LogP contribution in [0.3, 0.4) is 0 Å². The standard InChI is InChI=1S/C15H30N6O.C5H6Cl2N4O.C5H13N.C3Cl3N3.C3H7I.C3H8.C2H5NO.CH3.2ClH.3HI.V/c1-14(2,3)9-16-11-18-12(17-10-15(4,5)6)20-13(19-11)21(7)22-8;1-11(12-2)5-9-3(6)8-4(7)10-5;1-5(2,3)4-6;4-1-7-2(5)9-3(6)8-1;1-2-3-4;1-3-2;1-4-2-3;;;;;;;/h9-10H2,1-8H3,(H2,16,17,18,19,20);1-2H3;4,6H2,1-3H3;;2-3H2,1H3;3H2,1-2H3;2-3H,1H3;1H3;5*1H;/q;;;;;;;-1;;;;;;+3/p-3. The molecule has 0 aliphatic heterocycles. The SMILES string of the molecule is CC(C)(C)CN.CCC.CCCI.COC=N.CON(C)c1nc(Cl)nc(Cl)n1.CON(C)c1nc(NCC(C)(C)C)nc(NCC(C)(C)C)n1.Cl.Cl.Clc1nc(Cl)nc(Cl)n1.[CH3-].[I][V]([I])[I]. The van der Waals surface area contributed by atoms with Crippen molar-refractivity contribution in [2.45, 2.75) is 95.9 Å². The normalized spacial score (nSPS) is 9.73. The summed E-state index contributed by atoms with van der Waals surface area (Å²) in [6.07, 6.45) is 3.43. The van der Waals surface area contributed by atoms with E-state index in [4.69, 9.17) is 78.8 Å². The summed E-state index contributed by atoms with van der Waals surface area (Å²) < 4.78 is 5.37. The fraction of sp³-hybridized carbons (Fsp3) is 0.703. The Morgan fingerprint density at radius 3 is 1.01 bits per heavy atom. The van der Waals surface area contributed by atoms with E-state index in [0.717, 1.165) is 26.0 Å². The van der Waals surface area contributed by atoms with E-state index in [0.29, 0.717) is 23.3 Å².